The Balaban J connectivity index is 1.25. The van der Waals surface area contributed by atoms with E-state index < -0.39 is 0 Å². The number of ether oxygens (including phenoxy) is 1. The summed E-state index contributed by atoms with van der Waals surface area (Å²) in [6.45, 7) is 6.06. The second kappa shape index (κ2) is 9.48. The van der Waals surface area contributed by atoms with Crippen molar-refractivity contribution < 1.29 is 13.9 Å². The number of nitrogens with zero attached hydrogens (tertiary/aromatic N) is 5. The zero-order valence-corrected chi connectivity index (χ0v) is 21.0. The number of likely N-dealkylation sites (N-methyl/N-ethyl adjacent to an activating group) is 1. The highest BCUT2D eigenvalue weighted by Crippen LogP contribution is 2.31. The molecule has 2 aliphatic rings. The molecule has 4 heterocycles. The van der Waals surface area contributed by atoms with Gasteiger partial charge in [0.25, 0.3) is 5.91 Å². The van der Waals surface area contributed by atoms with Crippen LogP contribution in [-0.4, -0.2) is 69.9 Å². The zero-order chi connectivity index (χ0) is 25.5. The Morgan fingerprint density at radius 1 is 1.11 bits per heavy atom. The summed E-state index contributed by atoms with van der Waals surface area (Å²) in [6, 6.07) is 10.8. The van der Waals surface area contributed by atoms with Gasteiger partial charge in [0.05, 0.1) is 12.3 Å². The molecule has 0 bridgehead atoms. The lowest BCUT2D eigenvalue weighted by Crippen LogP contribution is -2.47. The predicted octanol–water partition coefficient (Wildman–Crippen LogP) is 3.78. The van der Waals surface area contributed by atoms with Gasteiger partial charge >= 0.3 is 0 Å². The molecule has 0 unspecified atom stereocenters. The average Bonchev–Trinajstić information content (AvgIpc) is 3.55. The summed E-state index contributed by atoms with van der Waals surface area (Å²) in [7, 11) is 2.07. The average molecular weight is 501 g/mol. The molecule has 6 rings (SSSR count). The summed E-state index contributed by atoms with van der Waals surface area (Å²) in [6.07, 6.45) is 4.38. The first-order valence-electron chi connectivity index (χ1n) is 12.6. The smallest absolute Gasteiger partial charge is 0.253 e. The van der Waals surface area contributed by atoms with E-state index in [2.05, 4.69) is 22.2 Å². The molecule has 190 valence electrons. The van der Waals surface area contributed by atoms with E-state index in [1.54, 1.807) is 12.3 Å². The number of nitrogens with one attached hydrogen (secondary N) is 1. The summed E-state index contributed by atoms with van der Waals surface area (Å²) >= 11 is 0. The largest absolute Gasteiger partial charge is 0.493 e. The molecule has 1 amide bonds. The van der Waals surface area contributed by atoms with Gasteiger partial charge in [-0.15, -0.1) is 0 Å². The fraction of sp³-hybridized carbons (Fsp3) is 0.321. The highest BCUT2D eigenvalue weighted by atomic mass is 19.1. The van der Waals surface area contributed by atoms with Crippen molar-refractivity contribution >= 4 is 17.5 Å². The van der Waals surface area contributed by atoms with Gasteiger partial charge in [0.1, 0.15) is 17.2 Å². The number of benzene rings is 2. The van der Waals surface area contributed by atoms with Crippen molar-refractivity contribution in [3.05, 3.63) is 77.0 Å². The maximum absolute atomic E-state index is 14.6. The van der Waals surface area contributed by atoms with Gasteiger partial charge in [0.2, 0.25) is 5.95 Å². The van der Waals surface area contributed by atoms with Gasteiger partial charge < -0.3 is 19.9 Å². The van der Waals surface area contributed by atoms with Crippen LogP contribution < -0.4 is 10.1 Å². The monoisotopic (exact) mass is 500 g/mol. The normalized spacial score (nSPS) is 15.6. The minimum atomic E-state index is -0.252. The van der Waals surface area contributed by atoms with Gasteiger partial charge in [-0.05, 0) is 43.8 Å². The van der Waals surface area contributed by atoms with Gasteiger partial charge in [-0.25, -0.2) is 14.4 Å². The molecular formula is C28H29FN6O2. The van der Waals surface area contributed by atoms with Gasteiger partial charge in [-0.2, -0.15) is 0 Å². The van der Waals surface area contributed by atoms with Crippen LogP contribution in [0.15, 0.2) is 48.8 Å². The van der Waals surface area contributed by atoms with E-state index in [-0.39, 0.29) is 11.7 Å². The van der Waals surface area contributed by atoms with Gasteiger partial charge in [-0.1, -0.05) is 12.1 Å². The van der Waals surface area contributed by atoms with E-state index in [1.807, 2.05) is 46.7 Å². The van der Waals surface area contributed by atoms with E-state index in [0.29, 0.717) is 36.6 Å². The van der Waals surface area contributed by atoms with E-state index in [4.69, 9.17) is 9.72 Å². The van der Waals surface area contributed by atoms with Crippen LogP contribution in [0.1, 0.15) is 27.2 Å². The molecule has 0 radical (unpaired) electrons. The lowest BCUT2D eigenvalue weighted by atomic mass is 10.0. The molecule has 2 aromatic heterocycles. The van der Waals surface area contributed by atoms with Gasteiger partial charge in [0, 0.05) is 73.8 Å². The van der Waals surface area contributed by atoms with Crippen LogP contribution in [0.25, 0.3) is 16.8 Å². The molecule has 2 aromatic carbocycles. The number of imidazole rings is 1. The molecule has 1 N–H and O–H groups in total. The van der Waals surface area contributed by atoms with Crippen molar-refractivity contribution in [2.75, 3.05) is 45.2 Å². The Bertz CT molecular complexity index is 1470. The molecule has 0 saturated carbocycles. The first-order chi connectivity index (χ1) is 18.0. The Hall–Kier alpha value is -3.98. The van der Waals surface area contributed by atoms with Crippen LogP contribution in [0.2, 0.25) is 0 Å². The van der Waals surface area contributed by atoms with Crippen LogP contribution in [0.3, 0.4) is 0 Å². The van der Waals surface area contributed by atoms with Crippen molar-refractivity contribution in [2.24, 2.45) is 0 Å². The number of halogens is 1. The van der Waals surface area contributed by atoms with Crippen LogP contribution in [0, 0.1) is 12.7 Å². The summed E-state index contributed by atoms with van der Waals surface area (Å²) in [5.41, 5.74) is 5.57. The number of anilines is 1. The maximum atomic E-state index is 14.6. The van der Waals surface area contributed by atoms with E-state index in [0.717, 1.165) is 60.0 Å². The number of hydrogen-bond acceptors (Lipinski definition) is 6. The molecule has 9 heteroatoms. The summed E-state index contributed by atoms with van der Waals surface area (Å²) < 4.78 is 22.1. The predicted molar refractivity (Wildman–Crippen MR) is 139 cm³/mol. The lowest BCUT2D eigenvalue weighted by molar-refractivity contribution is 0.0664. The molecule has 37 heavy (non-hydrogen) atoms. The molecule has 0 spiro atoms. The highest BCUT2D eigenvalue weighted by molar-refractivity contribution is 5.95. The first kappa shape index (κ1) is 23.4. The van der Waals surface area contributed by atoms with Crippen molar-refractivity contribution in [1.82, 2.24) is 24.2 Å². The topological polar surface area (TPSA) is 75.0 Å². The molecular weight excluding hydrogens is 471 g/mol. The lowest BCUT2D eigenvalue weighted by Gasteiger charge is -2.32. The summed E-state index contributed by atoms with van der Waals surface area (Å²) in [5, 5.41) is 3.29. The van der Waals surface area contributed by atoms with Crippen molar-refractivity contribution in [2.45, 2.75) is 19.9 Å². The number of hydrogen-bond donors (Lipinski definition) is 1. The first-order valence-corrected chi connectivity index (χ1v) is 12.6. The third-order valence-corrected chi connectivity index (χ3v) is 7.21. The molecule has 4 aromatic rings. The fourth-order valence-corrected chi connectivity index (χ4v) is 5.09. The van der Waals surface area contributed by atoms with E-state index in [1.165, 1.54) is 6.07 Å². The van der Waals surface area contributed by atoms with Crippen molar-refractivity contribution in [1.29, 1.82) is 0 Å². The highest BCUT2D eigenvalue weighted by Gasteiger charge is 2.22. The molecule has 2 aliphatic heterocycles. The third-order valence-electron chi connectivity index (χ3n) is 7.21. The van der Waals surface area contributed by atoms with Crippen LogP contribution >= 0.6 is 0 Å². The Morgan fingerprint density at radius 3 is 2.68 bits per heavy atom. The second-order valence-electron chi connectivity index (χ2n) is 9.70. The standard InChI is InChI=1S/C28H29FN6O2/c1-18-17-35-26(32-18)22(19-3-5-20(6-4-19)27(36)34-12-10-33(2)11-13-34)15-30-28(35)31-16-23-21-9-14-37-25(21)8-7-24(23)29/h3-8,15,17H,9-14,16H2,1-2H3,(H,30,31). The minimum absolute atomic E-state index is 0.0594. The molecule has 8 nitrogen and oxygen atoms in total. The molecule has 1 saturated heterocycles. The fourth-order valence-electron chi connectivity index (χ4n) is 5.09. The number of piperazine rings is 1. The quantitative estimate of drug-likeness (QED) is 0.450. The second-order valence-corrected chi connectivity index (χ2v) is 9.70. The van der Waals surface area contributed by atoms with Crippen molar-refractivity contribution in [3.8, 4) is 16.9 Å². The van der Waals surface area contributed by atoms with Crippen molar-refractivity contribution in [3.63, 3.8) is 0 Å². The Morgan fingerprint density at radius 2 is 1.89 bits per heavy atom. The van der Waals surface area contributed by atoms with Gasteiger partial charge in [0.15, 0.2) is 0 Å². The van der Waals surface area contributed by atoms with E-state index in [9.17, 15) is 9.18 Å². The Kier molecular flexibility index (Phi) is 6.00. The maximum Gasteiger partial charge on any atom is 0.253 e. The molecule has 1 fully saturated rings. The number of aromatic nitrogens is 3. The van der Waals surface area contributed by atoms with Gasteiger partial charge in [-0.3, -0.25) is 9.20 Å². The number of amides is 1. The van der Waals surface area contributed by atoms with Crippen LogP contribution in [0.5, 0.6) is 5.75 Å². The number of aryl methyl sites for hydroxylation is 1. The van der Waals surface area contributed by atoms with Crippen LogP contribution in [0.4, 0.5) is 10.3 Å². The SMILES string of the molecule is Cc1cn2c(NCc3c(F)ccc4c3CCO4)ncc(-c3ccc(C(=O)N4CCN(C)CC4)cc3)c2n1. The summed E-state index contributed by atoms with van der Waals surface area (Å²) in [4.78, 5) is 26.4. The summed E-state index contributed by atoms with van der Waals surface area (Å²) in [5.74, 6) is 1.14. The number of rotatable bonds is 5. The third kappa shape index (κ3) is 4.40. The number of fused-ring (bicyclic) bond motifs is 2. The zero-order valence-electron chi connectivity index (χ0n) is 21.0. The number of carbonyl (C=O) groups excluding carboxylic acids is 1. The van der Waals surface area contributed by atoms with Crippen LogP contribution in [-0.2, 0) is 13.0 Å². The Labute approximate surface area is 214 Å². The number of carbonyl (C=O) groups is 1. The van der Waals surface area contributed by atoms with E-state index >= 15 is 0 Å². The minimum Gasteiger partial charge on any atom is -0.493 e. The molecule has 0 atom stereocenters. The molecule has 0 aliphatic carbocycles.